The Morgan fingerprint density at radius 3 is 2.33 bits per heavy atom. The summed E-state index contributed by atoms with van der Waals surface area (Å²) in [4.78, 5) is 7.99. The first-order valence-corrected chi connectivity index (χ1v) is 3.88. The second-order valence-electron chi connectivity index (χ2n) is 2.54. The van der Waals surface area contributed by atoms with Crippen molar-refractivity contribution in [3.63, 3.8) is 0 Å². The van der Waals surface area contributed by atoms with E-state index in [2.05, 4.69) is 9.68 Å². The Morgan fingerprint density at radius 2 is 1.87 bits per heavy atom. The van der Waals surface area contributed by atoms with Crippen molar-refractivity contribution in [2.24, 2.45) is 0 Å². The topological polar surface area (TPSA) is 47.7 Å². The van der Waals surface area contributed by atoms with Gasteiger partial charge in [-0.3, -0.25) is 4.84 Å². The molecule has 0 heterocycles. The minimum absolute atomic E-state index is 0.0164. The highest BCUT2D eigenvalue weighted by atomic mass is 19.4. The predicted molar refractivity (Wildman–Crippen MR) is 47.5 cm³/mol. The van der Waals surface area contributed by atoms with Crippen LogP contribution in [0.4, 0.5) is 24.5 Å². The Bertz CT molecular complexity index is 330. The first-order chi connectivity index (χ1) is 6.94. The lowest BCUT2D eigenvalue weighted by Crippen LogP contribution is -2.31. The number of para-hydroxylation sites is 2. The normalized spacial score (nSPS) is 11.5. The lowest BCUT2D eigenvalue weighted by molar-refractivity contribution is -0.358. The molecule has 0 radical (unpaired) electrons. The van der Waals surface area contributed by atoms with E-state index in [1.165, 1.54) is 18.2 Å². The summed E-state index contributed by atoms with van der Waals surface area (Å²) in [5.74, 6) is 0. The van der Waals surface area contributed by atoms with E-state index in [4.69, 9.17) is 5.73 Å². The molecule has 0 aliphatic heterocycles. The van der Waals surface area contributed by atoms with E-state index in [1.807, 2.05) is 0 Å². The van der Waals surface area contributed by atoms with Crippen LogP contribution in [0.5, 0.6) is 0 Å². The summed E-state index contributed by atoms with van der Waals surface area (Å²) >= 11 is 0. The Balaban J connectivity index is 2.88. The molecule has 1 aromatic carbocycles. The van der Waals surface area contributed by atoms with Crippen LogP contribution in [-0.2, 0) is 9.68 Å². The molecule has 7 heteroatoms. The SMILES string of the molecule is CON(OC(F)(F)F)c1ccccc1N. The summed E-state index contributed by atoms with van der Waals surface area (Å²) in [6.45, 7) is 0. The minimum atomic E-state index is -4.84. The number of nitrogens with two attached hydrogens (primary N) is 1. The highest BCUT2D eigenvalue weighted by Crippen LogP contribution is 2.27. The van der Waals surface area contributed by atoms with Crippen LogP contribution in [0.3, 0.4) is 0 Å². The molecule has 0 aliphatic rings. The molecule has 1 rings (SSSR count). The number of nitrogens with zero attached hydrogens (tertiary/aromatic N) is 1. The average Bonchev–Trinajstić information content (AvgIpc) is 2.14. The van der Waals surface area contributed by atoms with Crippen molar-refractivity contribution < 1.29 is 22.8 Å². The largest absolute Gasteiger partial charge is 0.545 e. The van der Waals surface area contributed by atoms with Crippen LogP contribution in [0.2, 0.25) is 0 Å². The fourth-order valence-electron chi connectivity index (χ4n) is 0.933. The maximum absolute atomic E-state index is 11.9. The molecule has 84 valence electrons. The zero-order valence-electron chi connectivity index (χ0n) is 7.78. The molecule has 0 atom stereocenters. The van der Waals surface area contributed by atoms with E-state index in [-0.39, 0.29) is 16.6 Å². The smallest absolute Gasteiger partial charge is 0.397 e. The second kappa shape index (κ2) is 4.37. The van der Waals surface area contributed by atoms with Crippen LogP contribution in [0, 0.1) is 0 Å². The monoisotopic (exact) mass is 222 g/mol. The quantitative estimate of drug-likeness (QED) is 0.628. The number of hydrogen-bond acceptors (Lipinski definition) is 4. The van der Waals surface area contributed by atoms with E-state index in [1.54, 1.807) is 6.07 Å². The van der Waals surface area contributed by atoms with Crippen molar-refractivity contribution in [1.82, 2.24) is 0 Å². The summed E-state index contributed by atoms with van der Waals surface area (Å²) in [6, 6.07) is 5.86. The number of alkyl halides is 3. The van der Waals surface area contributed by atoms with Gasteiger partial charge in [-0.25, -0.2) is 0 Å². The minimum Gasteiger partial charge on any atom is -0.397 e. The van der Waals surface area contributed by atoms with Gasteiger partial charge in [0.1, 0.15) is 5.69 Å². The zero-order valence-corrected chi connectivity index (χ0v) is 7.78. The fourth-order valence-corrected chi connectivity index (χ4v) is 0.933. The molecule has 0 saturated carbocycles. The fraction of sp³-hybridized carbons (Fsp3) is 0.250. The van der Waals surface area contributed by atoms with Crippen LogP contribution in [0.25, 0.3) is 0 Å². The number of hydrogen-bond donors (Lipinski definition) is 1. The number of benzene rings is 1. The van der Waals surface area contributed by atoms with Crippen LogP contribution in [0.15, 0.2) is 24.3 Å². The van der Waals surface area contributed by atoms with Gasteiger partial charge in [-0.2, -0.15) is 0 Å². The van der Waals surface area contributed by atoms with E-state index < -0.39 is 6.36 Å². The Labute approximate surface area is 83.9 Å². The molecule has 2 N–H and O–H groups in total. The van der Waals surface area contributed by atoms with E-state index >= 15 is 0 Å². The van der Waals surface area contributed by atoms with E-state index in [0.717, 1.165) is 7.11 Å². The van der Waals surface area contributed by atoms with Gasteiger partial charge in [0, 0.05) is 0 Å². The standard InChI is InChI=1S/C8H9F3N2O2/c1-14-13(15-8(9,10)11)7-5-3-2-4-6(7)12/h2-5H,12H2,1H3. The molecule has 0 aliphatic carbocycles. The molecular formula is C8H9F3N2O2. The molecule has 0 saturated heterocycles. The molecule has 0 bridgehead atoms. The Hall–Kier alpha value is -1.47. The van der Waals surface area contributed by atoms with Crippen LogP contribution in [0.1, 0.15) is 0 Å². The highest BCUT2D eigenvalue weighted by molar-refractivity contribution is 5.64. The molecule has 0 unspecified atom stereocenters. The number of halogens is 3. The molecule has 1 aromatic rings. The first-order valence-electron chi connectivity index (χ1n) is 3.88. The molecule has 0 fully saturated rings. The van der Waals surface area contributed by atoms with Gasteiger partial charge in [0.25, 0.3) is 0 Å². The van der Waals surface area contributed by atoms with Gasteiger partial charge in [-0.1, -0.05) is 12.1 Å². The van der Waals surface area contributed by atoms with Crippen molar-refractivity contribution in [3.05, 3.63) is 24.3 Å². The number of anilines is 2. The summed E-state index contributed by atoms with van der Waals surface area (Å²) in [7, 11) is 1.04. The van der Waals surface area contributed by atoms with Crippen molar-refractivity contribution in [1.29, 1.82) is 0 Å². The third-order valence-electron chi connectivity index (χ3n) is 1.49. The van der Waals surface area contributed by atoms with Crippen molar-refractivity contribution >= 4 is 11.4 Å². The summed E-state index contributed by atoms with van der Waals surface area (Å²) in [5, 5.41) is 0.204. The summed E-state index contributed by atoms with van der Waals surface area (Å²) < 4.78 is 35.8. The highest BCUT2D eigenvalue weighted by Gasteiger charge is 2.34. The van der Waals surface area contributed by atoms with Gasteiger partial charge >= 0.3 is 6.36 Å². The van der Waals surface area contributed by atoms with E-state index in [9.17, 15) is 13.2 Å². The summed E-state index contributed by atoms with van der Waals surface area (Å²) in [6.07, 6.45) is -4.84. The lowest BCUT2D eigenvalue weighted by atomic mass is 10.3. The molecule has 15 heavy (non-hydrogen) atoms. The van der Waals surface area contributed by atoms with Gasteiger partial charge in [-0.05, 0) is 12.1 Å². The number of nitrogen functional groups attached to an aromatic ring is 1. The molecule has 0 spiro atoms. The van der Waals surface area contributed by atoms with Crippen LogP contribution >= 0.6 is 0 Å². The molecular weight excluding hydrogens is 213 g/mol. The molecule has 0 amide bonds. The molecule has 0 aromatic heterocycles. The zero-order chi connectivity index (χ0) is 11.5. The summed E-state index contributed by atoms with van der Waals surface area (Å²) in [5.41, 5.74) is 5.54. The Kier molecular flexibility index (Phi) is 3.38. The van der Waals surface area contributed by atoms with Gasteiger partial charge in [0.2, 0.25) is 0 Å². The van der Waals surface area contributed by atoms with Crippen LogP contribution in [-0.4, -0.2) is 13.5 Å². The van der Waals surface area contributed by atoms with Gasteiger partial charge in [-0.15, -0.1) is 23.2 Å². The van der Waals surface area contributed by atoms with Crippen molar-refractivity contribution in [3.8, 4) is 0 Å². The third kappa shape index (κ3) is 3.30. The van der Waals surface area contributed by atoms with Gasteiger partial charge in [0.05, 0.1) is 12.8 Å². The maximum atomic E-state index is 11.9. The van der Waals surface area contributed by atoms with E-state index in [0.29, 0.717) is 0 Å². The number of rotatable bonds is 3. The van der Waals surface area contributed by atoms with Crippen LogP contribution < -0.4 is 11.0 Å². The third-order valence-corrected chi connectivity index (χ3v) is 1.49. The van der Waals surface area contributed by atoms with Crippen molar-refractivity contribution in [2.45, 2.75) is 6.36 Å². The lowest BCUT2D eigenvalue weighted by Gasteiger charge is -2.22. The Morgan fingerprint density at radius 1 is 1.27 bits per heavy atom. The maximum Gasteiger partial charge on any atom is 0.545 e. The molecule has 4 nitrogen and oxygen atoms in total. The first kappa shape index (κ1) is 11.6. The van der Waals surface area contributed by atoms with Gasteiger partial charge in [0.15, 0.2) is 0 Å². The predicted octanol–water partition coefficient (Wildman–Crippen LogP) is 2.09. The van der Waals surface area contributed by atoms with Gasteiger partial charge < -0.3 is 5.73 Å². The average molecular weight is 222 g/mol. The second-order valence-corrected chi connectivity index (χ2v) is 2.54. The van der Waals surface area contributed by atoms with Crippen molar-refractivity contribution in [2.75, 3.05) is 18.1 Å².